The summed E-state index contributed by atoms with van der Waals surface area (Å²) in [6.07, 6.45) is 2.68. The van der Waals surface area contributed by atoms with Crippen molar-refractivity contribution in [3.8, 4) is 0 Å². The summed E-state index contributed by atoms with van der Waals surface area (Å²) in [4.78, 5) is 11.0. The molecule has 16 heavy (non-hydrogen) atoms. The maximum Gasteiger partial charge on any atom is 0.306 e. The van der Waals surface area contributed by atoms with E-state index in [-0.39, 0.29) is 11.7 Å². The van der Waals surface area contributed by atoms with Gasteiger partial charge in [-0.3, -0.25) is 4.79 Å². The van der Waals surface area contributed by atoms with Crippen molar-refractivity contribution in [2.75, 3.05) is 0 Å². The van der Waals surface area contributed by atoms with Gasteiger partial charge in [-0.05, 0) is 48.4 Å². The highest BCUT2D eigenvalue weighted by atomic mass is 19.1. The number of carboxylic acids is 1. The number of fused-ring (bicyclic) bond motifs is 1. The predicted octanol–water partition coefficient (Wildman–Crippen LogP) is 2.97. The van der Waals surface area contributed by atoms with Gasteiger partial charge in [-0.15, -0.1) is 0 Å². The third kappa shape index (κ3) is 1.94. The number of rotatable bonds is 2. The molecule has 3 heteroatoms. The van der Waals surface area contributed by atoms with E-state index in [9.17, 15) is 9.18 Å². The van der Waals surface area contributed by atoms with E-state index in [4.69, 9.17) is 5.11 Å². The molecule has 0 bridgehead atoms. The molecule has 0 aromatic heterocycles. The average Bonchev–Trinajstić information content (AvgIpc) is 2.26. The lowest BCUT2D eigenvalue weighted by molar-refractivity contribution is -0.142. The first-order valence-corrected chi connectivity index (χ1v) is 5.60. The molecule has 1 aromatic rings. The van der Waals surface area contributed by atoms with Crippen LogP contribution in [0.5, 0.6) is 0 Å². The van der Waals surface area contributed by atoms with Crippen LogP contribution < -0.4 is 0 Å². The summed E-state index contributed by atoms with van der Waals surface area (Å²) < 4.78 is 13.1. The summed E-state index contributed by atoms with van der Waals surface area (Å²) in [5, 5.41) is 9.04. The quantitative estimate of drug-likeness (QED) is 0.835. The second-order valence-electron chi connectivity index (χ2n) is 4.47. The Balaban J connectivity index is 2.36. The van der Waals surface area contributed by atoms with E-state index in [1.807, 2.05) is 0 Å². The van der Waals surface area contributed by atoms with Crippen molar-refractivity contribution in [2.45, 2.75) is 32.1 Å². The molecule has 2 unspecified atom stereocenters. The monoisotopic (exact) mass is 222 g/mol. The van der Waals surface area contributed by atoms with Gasteiger partial charge in [-0.25, -0.2) is 4.39 Å². The fraction of sp³-hybridized carbons (Fsp3) is 0.462. The molecule has 0 heterocycles. The van der Waals surface area contributed by atoms with Crippen molar-refractivity contribution in [1.82, 2.24) is 0 Å². The zero-order valence-electron chi connectivity index (χ0n) is 9.24. The van der Waals surface area contributed by atoms with Crippen molar-refractivity contribution in [3.05, 3.63) is 35.1 Å². The van der Waals surface area contributed by atoms with Crippen molar-refractivity contribution < 1.29 is 14.3 Å². The number of halogens is 1. The van der Waals surface area contributed by atoms with Gasteiger partial charge in [0.05, 0.1) is 5.92 Å². The van der Waals surface area contributed by atoms with Crippen LogP contribution in [0.15, 0.2) is 18.2 Å². The Morgan fingerprint density at radius 2 is 2.31 bits per heavy atom. The highest BCUT2D eigenvalue weighted by Gasteiger charge is 2.29. The van der Waals surface area contributed by atoms with E-state index in [1.54, 1.807) is 13.0 Å². The topological polar surface area (TPSA) is 37.3 Å². The Kier molecular flexibility index (Phi) is 2.95. The van der Waals surface area contributed by atoms with E-state index in [2.05, 4.69) is 0 Å². The Morgan fingerprint density at radius 3 is 3.00 bits per heavy atom. The molecule has 0 saturated heterocycles. The van der Waals surface area contributed by atoms with Gasteiger partial charge < -0.3 is 5.11 Å². The summed E-state index contributed by atoms with van der Waals surface area (Å²) in [7, 11) is 0. The largest absolute Gasteiger partial charge is 0.481 e. The molecule has 2 nitrogen and oxygen atoms in total. The van der Waals surface area contributed by atoms with Gasteiger partial charge in [0.1, 0.15) is 5.82 Å². The van der Waals surface area contributed by atoms with Gasteiger partial charge in [0.15, 0.2) is 0 Å². The van der Waals surface area contributed by atoms with Crippen LogP contribution in [0, 0.1) is 11.7 Å². The Hall–Kier alpha value is -1.38. The lowest BCUT2D eigenvalue weighted by atomic mass is 9.76. The predicted molar refractivity (Wildman–Crippen MR) is 58.9 cm³/mol. The van der Waals surface area contributed by atoms with Crippen LogP contribution in [0.2, 0.25) is 0 Å². The second-order valence-corrected chi connectivity index (χ2v) is 4.47. The highest BCUT2D eigenvalue weighted by molar-refractivity contribution is 5.71. The zero-order valence-corrected chi connectivity index (χ0v) is 9.24. The molecule has 1 aromatic carbocycles. The standard InChI is InChI=1S/C13H15FO2/c1-8(13(15)16)11-4-2-3-9-7-10(14)5-6-12(9)11/h5-8,11H,2-4H2,1H3,(H,15,16). The first-order chi connectivity index (χ1) is 7.59. The number of hydrogen-bond acceptors (Lipinski definition) is 1. The molecule has 1 N–H and O–H groups in total. The Bertz CT molecular complexity index is 414. The summed E-state index contributed by atoms with van der Waals surface area (Å²) in [5.41, 5.74) is 1.99. The second kappa shape index (κ2) is 4.24. The first kappa shape index (κ1) is 11.1. The maximum atomic E-state index is 13.1. The van der Waals surface area contributed by atoms with Crippen molar-refractivity contribution in [3.63, 3.8) is 0 Å². The molecule has 0 fully saturated rings. The van der Waals surface area contributed by atoms with Crippen LogP contribution in [-0.2, 0) is 11.2 Å². The van der Waals surface area contributed by atoms with Crippen molar-refractivity contribution in [2.24, 2.45) is 5.92 Å². The van der Waals surface area contributed by atoms with Crippen molar-refractivity contribution in [1.29, 1.82) is 0 Å². The van der Waals surface area contributed by atoms with Gasteiger partial charge in [-0.2, -0.15) is 0 Å². The zero-order chi connectivity index (χ0) is 11.7. The summed E-state index contributed by atoms with van der Waals surface area (Å²) in [6, 6.07) is 4.70. The minimum Gasteiger partial charge on any atom is -0.481 e. The van der Waals surface area contributed by atoms with Crippen molar-refractivity contribution >= 4 is 5.97 Å². The number of carboxylic acid groups (broad SMARTS) is 1. The first-order valence-electron chi connectivity index (χ1n) is 5.60. The molecule has 2 rings (SSSR count). The van der Waals surface area contributed by atoms with Crippen LogP contribution in [0.3, 0.4) is 0 Å². The van der Waals surface area contributed by atoms with Crippen LogP contribution in [0.25, 0.3) is 0 Å². The number of benzene rings is 1. The molecule has 0 aliphatic heterocycles. The Morgan fingerprint density at radius 1 is 1.56 bits per heavy atom. The van der Waals surface area contributed by atoms with Gasteiger partial charge in [-0.1, -0.05) is 13.0 Å². The summed E-state index contributed by atoms with van der Waals surface area (Å²) >= 11 is 0. The average molecular weight is 222 g/mol. The van der Waals surface area contributed by atoms with Crippen LogP contribution in [0.4, 0.5) is 4.39 Å². The van der Waals surface area contributed by atoms with Gasteiger partial charge in [0, 0.05) is 0 Å². The third-order valence-corrected chi connectivity index (χ3v) is 3.46. The lowest BCUT2D eigenvalue weighted by Crippen LogP contribution is -2.22. The molecular weight excluding hydrogens is 207 g/mol. The lowest BCUT2D eigenvalue weighted by Gasteiger charge is -2.28. The summed E-state index contributed by atoms with van der Waals surface area (Å²) in [6.45, 7) is 1.73. The maximum absolute atomic E-state index is 13.1. The highest BCUT2D eigenvalue weighted by Crippen LogP contribution is 2.37. The molecule has 1 aliphatic carbocycles. The van der Waals surface area contributed by atoms with Crippen LogP contribution in [-0.4, -0.2) is 11.1 Å². The van der Waals surface area contributed by atoms with Crippen LogP contribution in [0.1, 0.15) is 36.8 Å². The van der Waals surface area contributed by atoms with Crippen LogP contribution >= 0.6 is 0 Å². The van der Waals surface area contributed by atoms with E-state index in [0.717, 1.165) is 30.4 Å². The molecule has 2 atom stereocenters. The van der Waals surface area contributed by atoms with Gasteiger partial charge >= 0.3 is 5.97 Å². The van der Waals surface area contributed by atoms with E-state index in [0.29, 0.717) is 0 Å². The normalized spacial score (nSPS) is 21.2. The molecule has 0 spiro atoms. The third-order valence-electron chi connectivity index (χ3n) is 3.46. The van der Waals surface area contributed by atoms with E-state index < -0.39 is 11.9 Å². The molecule has 86 valence electrons. The summed E-state index contributed by atoms with van der Waals surface area (Å²) in [5.74, 6) is -1.38. The number of carbonyl (C=O) groups is 1. The molecule has 0 radical (unpaired) electrons. The number of aryl methyl sites for hydroxylation is 1. The van der Waals surface area contributed by atoms with Gasteiger partial charge in [0.2, 0.25) is 0 Å². The molecular formula is C13H15FO2. The Labute approximate surface area is 94.1 Å². The molecule has 1 aliphatic rings. The van der Waals surface area contributed by atoms with E-state index in [1.165, 1.54) is 12.1 Å². The molecule has 0 amide bonds. The fourth-order valence-corrected chi connectivity index (χ4v) is 2.51. The molecule has 0 saturated carbocycles. The minimum atomic E-state index is -0.776. The number of aliphatic carboxylic acids is 1. The number of hydrogen-bond donors (Lipinski definition) is 1. The smallest absolute Gasteiger partial charge is 0.306 e. The fourth-order valence-electron chi connectivity index (χ4n) is 2.51. The van der Waals surface area contributed by atoms with Gasteiger partial charge in [0.25, 0.3) is 0 Å². The minimum absolute atomic E-state index is 0.0295. The SMILES string of the molecule is CC(C(=O)O)C1CCCc2cc(F)ccc21. The van der Waals surface area contributed by atoms with E-state index >= 15 is 0 Å².